The average molecular weight is 449 g/mol. The second-order valence-electron chi connectivity index (χ2n) is 6.49. The smallest absolute Gasteiger partial charge is 0.256 e. The van der Waals surface area contributed by atoms with E-state index in [4.69, 9.17) is 11.6 Å². The minimum atomic E-state index is -0.253. The van der Waals surface area contributed by atoms with Crippen molar-refractivity contribution in [1.29, 1.82) is 0 Å². The van der Waals surface area contributed by atoms with Gasteiger partial charge in [-0.3, -0.25) is 10.2 Å². The molecule has 3 N–H and O–H groups in total. The molecule has 4 aromatic rings. The van der Waals surface area contributed by atoms with Crippen LogP contribution in [0.25, 0.3) is 11.3 Å². The van der Waals surface area contributed by atoms with Crippen LogP contribution in [0.2, 0.25) is 5.02 Å². The quantitative estimate of drug-likeness (QED) is 0.254. The second kappa shape index (κ2) is 9.42. The monoisotopic (exact) mass is 448 g/mol. The van der Waals surface area contributed by atoms with Crippen molar-refractivity contribution in [2.45, 2.75) is 0 Å². The average Bonchev–Trinajstić information content (AvgIpc) is 3.18. The summed E-state index contributed by atoms with van der Waals surface area (Å²) in [5.74, 6) is -0.0600. The van der Waals surface area contributed by atoms with Crippen LogP contribution in [0.3, 0.4) is 0 Å². The van der Waals surface area contributed by atoms with Gasteiger partial charge in [0.1, 0.15) is 16.4 Å². The molecule has 6 nitrogen and oxygen atoms in total. The SMILES string of the molecule is O=C(Nc1sc(NN=Cc2ccc(O)cc2)nc1-c1ccccc1)c1ccc(Cl)cc1. The van der Waals surface area contributed by atoms with E-state index in [0.717, 1.165) is 11.1 Å². The molecule has 4 rings (SSSR count). The standard InChI is InChI=1S/C23H17ClN4O2S/c24-18-10-8-17(9-11-18)21(30)27-22-20(16-4-2-1-3-5-16)26-23(31-22)28-25-14-15-6-12-19(29)13-7-15/h1-14,29H,(H,26,28)(H,27,30). The van der Waals surface area contributed by atoms with E-state index in [-0.39, 0.29) is 11.7 Å². The molecule has 0 bridgehead atoms. The van der Waals surface area contributed by atoms with Crippen molar-refractivity contribution in [2.24, 2.45) is 5.10 Å². The Balaban J connectivity index is 1.57. The molecule has 154 valence electrons. The van der Waals surface area contributed by atoms with Crippen molar-refractivity contribution in [3.63, 3.8) is 0 Å². The van der Waals surface area contributed by atoms with Crippen molar-refractivity contribution < 1.29 is 9.90 Å². The van der Waals surface area contributed by atoms with E-state index in [2.05, 4.69) is 20.8 Å². The maximum atomic E-state index is 12.7. The van der Waals surface area contributed by atoms with E-state index in [1.54, 1.807) is 54.7 Å². The summed E-state index contributed by atoms with van der Waals surface area (Å²) in [7, 11) is 0. The molecule has 0 radical (unpaired) electrons. The number of rotatable bonds is 6. The fraction of sp³-hybridized carbons (Fsp3) is 0. The summed E-state index contributed by atoms with van der Waals surface area (Å²) in [6, 6.07) is 22.9. The first kappa shape index (κ1) is 20.6. The normalized spacial score (nSPS) is 10.9. The number of thiazole rings is 1. The lowest BCUT2D eigenvalue weighted by atomic mass is 10.1. The Morgan fingerprint density at radius 3 is 2.42 bits per heavy atom. The first-order valence-electron chi connectivity index (χ1n) is 9.30. The van der Waals surface area contributed by atoms with Crippen molar-refractivity contribution in [3.8, 4) is 17.0 Å². The van der Waals surface area contributed by atoms with E-state index in [1.807, 2.05) is 30.3 Å². The van der Waals surface area contributed by atoms with Gasteiger partial charge in [0.25, 0.3) is 5.91 Å². The van der Waals surface area contributed by atoms with Crippen molar-refractivity contribution in [1.82, 2.24) is 4.98 Å². The maximum Gasteiger partial charge on any atom is 0.256 e. The maximum absolute atomic E-state index is 12.7. The number of hydrogen-bond donors (Lipinski definition) is 3. The van der Waals surface area contributed by atoms with Gasteiger partial charge in [-0.15, -0.1) is 0 Å². The number of halogens is 1. The molecule has 3 aromatic carbocycles. The van der Waals surface area contributed by atoms with Crippen LogP contribution in [0.15, 0.2) is 84.0 Å². The van der Waals surface area contributed by atoms with Crippen LogP contribution >= 0.6 is 22.9 Å². The highest BCUT2D eigenvalue weighted by molar-refractivity contribution is 7.20. The number of nitrogens with zero attached hydrogens (tertiary/aromatic N) is 2. The summed E-state index contributed by atoms with van der Waals surface area (Å²) in [6.45, 7) is 0. The molecule has 1 heterocycles. The second-order valence-corrected chi connectivity index (χ2v) is 7.92. The van der Waals surface area contributed by atoms with Gasteiger partial charge in [0.15, 0.2) is 0 Å². The molecule has 8 heteroatoms. The Kier molecular flexibility index (Phi) is 6.26. The van der Waals surface area contributed by atoms with Crippen molar-refractivity contribution in [2.75, 3.05) is 10.7 Å². The predicted molar refractivity (Wildman–Crippen MR) is 126 cm³/mol. The number of phenols is 1. The van der Waals surface area contributed by atoms with Gasteiger partial charge in [-0.1, -0.05) is 53.3 Å². The fourth-order valence-electron chi connectivity index (χ4n) is 2.74. The third-order valence-electron chi connectivity index (χ3n) is 4.27. The molecule has 0 saturated carbocycles. The molecule has 31 heavy (non-hydrogen) atoms. The Bertz CT molecular complexity index is 1210. The third kappa shape index (κ3) is 5.28. The molecule has 0 atom stereocenters. The lowest BCUT2D eigenvalue weighted by Crippen LogP contribution is -2.11. The summed E-state index contributed by atoms with van der Waals surface area (Å²) in [5, 5.41) is 18.2. The minimum absolute atomic E-state index is 0.193. The van der Waals surface area contributed by atoms with Gasteiger partial charge in [0.2, 0.25) is 5.13 Å². The molecule has 0 aliphatic rings. The number of benzene rings is 3. The van der Waals surface area contributed by atoms with E-state index < -0.39 is 0 Å². The van der Waals surface area contributed by atoms with Crippen molar-refractivity contribution >= 4 is 45.2 Å². The van der Waals surface area contributed by atoms with Gasteiger partial charge >= 0.3 is 0 Å². The molecular weight excluding hydrogens is 432 g/mol. The number of nitrogens with one attached hydrogen (secondary N) is 2. The van der Waals surface area contributed by atoms with E-state index >= 15 is 0 Å². The third-order valence-corrected chi connectivity index (χ3v) is 5.40. The van der Waals surface area contributed by atoms with Crippen LogP contribution in [0.1, 0.15) is 15.9 Å². The Hall–Kier alpha value is -3.68. The fourth-order valence-corrected chi connectivity index (χ4v) is 3.70. The van der Waals surface area contributed by atoms with Crippen LogP contribution in [0.4, 0.5) is 10.1 Å². The lowest BCUT2D eigenvalue weighted by Gasteiger charge is -2.05. The lowest BCUT2D eigenvalue weighted by molar-refractivity contribution is 0.102. The number of aromatic hydroxyl groups is 1. The molecule has 1 aromatic heterocycles. The molecule has 0 spiro atoms. The first-order chi connectivity index (χ1) is 15.1. The van der Waals surface area contributed by atoms with Gasteiger partial charge in [-0.05, 0) is 54.1 Å². The summed E-state index contributed by atoms with van der Waals surface area (Å²) < 4.78 is 0. The van der Waals surface area contributed by atoms with Crippen molar-refractivity contribution in [3.05, 3.63) is 95.0 Å². The number of carbonyl (C=O) groups is 1. The van der Waals surface area contributed by atoms with Gasteiger partial charge < -0.3 is 10.4 Å². The molecule has 1 amide bonds. The van der Waals surface area contributed by atoms with Crippen LogP contribution in [-0.4, -0.2) is 22.2 Å². The molecule has 0 aliphatic heterocycles. The van der Waals surface area contributed by atoms with Crippen LogP contribution in [0, 0.1) is 0 Å². The van der Waals surface area contributed by atoms with E-state index in [0.29, 0.717) is 26.4 Å². The summed E-state index contributed by atoms with van der Waals surface area (Å²) >= 11 is 7.20. The number of hydrazone groups is 1. The van der Waals surface area contributed by atoms with Gasteiger partial charge in [0.05, 0.1) is 6.21 Å². The molecule has 0 unspecified atom stereocenters. The minimum Gasteiger partial charge on any atom is -0.508 e. The zero-order valence-corrected chi connectivity index (χ0v) is 17.7. The summed E-state index contributed by atoms with van der Waals surface area (Å²) in [5.41, 5.74) is 5.75. The number of anilines is 2. The predicted octanol–water partition coefficient (Wildman–Crippen LogP) is 5.87. The van der Waals surface area contributed by atoms with Crippen LogP contribution < -0.4 is 10.7 Å². The Morgan fingerprint density at radius 2 is 1.71 bits per heavy atom. The van der Waals surface area contributed by atoms with Crippen LogP contribution in [0.5, 0.6) is 5.75 Å². The number of carbonyl (C=O) groups excluding carboxylic acids is 1. The van der Waals surface area contributed by atoms with Gasteiger partial charge in [-0.25, -0.2) is 4.98 Å². The molecule has 0 saturated heterocycles. The highest BCUT2D eigenvalue weighted by atomic mass is 35.5. The largest absolute Gasteiger partial charge is 0.508 e. The zero-order chi connectivity index (χ0) is 21.6. The highest BCUT2D eigenvalue weighted by Crippen LogP contribution is 2.36. The number of amides is 1. The van der Waals surface area contributed by atoms with Gasteiger partial charge in [-0.2, -0.15) is 5.10 Å². The van der Waals surface area contributed by atoms with Crippen LogP contribution in [-0.2, 0) is 0 Å². The van der Waals surface area contributed by atoms with E-state index in [1.165, 1.54) is 11.3 Å². The highest BCUT2D eigenvalue weighted by Gasteiger charge is 2.16. The summed E-state index contributed by atoms with van der Waals surface area (Å²) in [6.07, 6.45) is 1.62. The topological polar surface area (TPSA) is 86.6 Å². The number of aromatic nitrogens is 1. The number of phenolic OH excluding ortho intramolecular Hbond substituents is 1. The Morgan fingerprint density at radius 1 is 1.00 bits per heavy atom. The van der Waals surface area contributed by atoms with E-state index in [9.17, 15) is 9.90 Å². The van der Waals surface area contributed by atoms with Gasteiger partial charge in [0, 0.05) is 16.1 Å². The first-order valence-corrected chi connectivity index (χ1v) is 10.5. The molecule has 0 aliphatic carbocycles. The Labute approximate surface area is 187 Å². The molecular formula is C23H17ClN4O2S. The summed E-state index contributed by atoms with van der Waals surface area (Å²) in [4.78, 5) is 17.3. The molecule has 0 fully saturated rings. The zero-order valence-electron chi connectivity index (χ0n) is 16.1. The number of hydrogen-bond acceptors (Lipinski definition) is 6.